The normalized spacial score (nSPS) is 10.3. The molecule has 106 valence electrons. The summed E-state index contributed by atoms with van der Waals surface area (Å²) in [5.41, 5.74) is 5.15. The molecule has 0 aliphatic heterocycles. The molecule has 2 amide bonds. The Bertz CT molecular complexity index is 606. The van der Waals surface area contributed by atoms with E-state index in [1.165, 1.54) is 17.3 Å². The minimum Gasteiger partial charge on any atom is -0.345 e. The van der Waals surface area contributed by atoms with Crippen molar-refractivity contribution in [1.29, 1.82) is 0 Å². The Hall–Kier alpha value is -2.16. The summed E-state index contributed by atoms with van der Waals surface area (Å²) in [5, 5.41) is 3.88. The average molecular weight is 341 g/mol. The van der Waals surface area contributed by atoms with E-state index in [-0.39, 0.29) is 18.2 Å². The average Bonchev–Trinajstić information content (AvgIpc) is 3.03. The van der Waals surface area contributed by atoms with Crippen LogP contribution < -0.4 is 10.9 Å². The van der Waals surface area contributed by atoms with E-state index in [1.54, 1.807) is 23.9 Å². The van der Waals surface area contributed by atoms with Crippen molar-refractivity contribution >= 4 is 27.7 Å². The number of amides is 2. The first-order chi connectivity index (χ1) is 9.56. The van der Waals surface area contributed by atoms with E-state index in [9.17, 15) is 9.59 Å². The highest BCUT2D eigenvalue weighted by Crippen LogP contribution is 2.13. The van der Waals surface area contributed by atoms with Gasteiger partial charge in [-0.05, 0) is 22.0 Å². The highest BCUT2D eigenvalue weighted by atomic mass is 79.9. The Morgan fingerprint density at radius 3 is 2.80 bits per heavy atom. The van der Waals surface area contributed by atoms with Crippen molar-refractivity contribution in [2.24, 2.45) is 7.05 Å². The molecule has 0 unspecified atom stereocenters. The van der Waals surface area contributed by atoms with Crippen LogP contribution in [0.15, 0.2) is 29.4 Å². The smallest absolute Gasteiger partial charge is 0.286 e. The number of hydrogen-bond donors (Lipinski definition) is 2. The number of nitrogens with one attached hydrogen (secondary N) is 2. The summed E-state index contributed by atoms with van der Waals surface area (Å²) in [6, 6.07) is 1.66. The largest absolute Gasteiger partial charge is 0.345 e. The highest BCUT2D eigenvalue weighted by Gasteiger charge is 2.11. The standard InChI is InChI=1S/C11H13BrN6O2/c1-17-5-8(12)4-9(17)11(20)16-15-10(19)2-3-18-7-13-6-14-18/h4-7H,2-3H2,1H3,(H,15,19)(H,16,20). The summed E-state index contributed by atoms with van der Waals surface area (Å²) in [4.78, 5) is 27.2. The van der Waals surface area contributed by atoms with Crippen molar-refractivity contribution in [2.75, 3.05) is 0 Å². The molecule has 8 nitrogen and oxygen atoms in total. The van der Waals surface area contributed by atoms with Crippen molar-refractivity contribution in [1.82, 2.24) is 30.2 Å². The second-order valence-electron chi connectivity index (χ2n) is 4.07. The topological polar surface area (TPSA) is 93.8 Å². The Labute approximate surface area is 123 Å². The van der Waals surface area contributed by atoms with Gasteiger partial charge in [0, 0.05) is 24.1 Å². The maximum absolute atomic E-state index is 11.8. The van der Waals surface area contributed by atoms with Gasteiger partial charge in [0.15, 0.2) is 0 Å². The van der Waals surface area contributed by atoms with Crippen LogP contribution in [0, 0.1) is 0 Å². The Kier molecular flexibility index (Phi) is 4.51. The van der Waals surface area contributed by atoms with Gasteiger partial charge in [-0.15, -0.1) is 0 Å². The molecule has 0 spiro atoms. The van der Waals surface area contributed by atoms with Crippen molar-refractivity contribution < 1.29 is 9.59 Å². The number of hydrogen-bond acceptors (Lipinski definition) is 4. The van der Waals surface area contributed by atoms with E-state index in [2.05, 4.69) is 36.9 Å². The molecule has 2 aromatic rings. The van der Waals surface area contributed by atoms with Crippen LogP contribution in [0.4, 0.5) is 0 Å². The molecule has 0 saturated carbocycles. The number of aromatic nitrogens is 4. The first kappa shape index (κ1) is 14.3. The molecule has 0 saturated heterocycles. The van der Waals surface area contributed by atoms with Crippen molar-refractivity contribution in [3.63, 3.8) is 0 Å². The predicted octanol–water partition coefficient (Wildman–Crippen LogP) is 0.230. The van der Waals surface area contributed by atoms with Crippen LogP contribution in [0.3, 0.4) is 0 Å². The molecule has 2 rings (SSSR count). The zero-order valence-corrected chi connectivity index (χ0v) is 12.3. The van der Waals surface area contributed by atoms with Gasteiger partial charge in [0.05, 0.1) is 6.54 Å². The second kappa shape index (κ2) is 6.33. The van der Waals surface area contributed by atoms with E-state index in [0.29, 0.717) is 12.2 Å². The number of rotatable bonds is 4. The van der Waals surface area contributed by atoms with Crippen LogP contribution in [0.1, 0.15) is 16.9 Å². The molecule has 0 aliphatic carbocycles. The summed E-state index contributed by atoms with van der Waals surface area (Å²) < 4.78 is 3.99. The molecule has 0 atom stereocenters. The van der Waals surface area contributed by atoms with Gasteiger partial charge in [-0.1, -0.05) is 0 Å². The first-order valence-corrected chi connectivity index (χ1v) is 6.59. The quantitative estimate of drug-likeness (QED) is 0.779. The fraction of sp³-hybridized carbons (Fsp3) is 0.273. The fourth-order valence-electron chi connectivity index (χ4n) is 1.57. The van der Waals surface area contributed by atoms with Crippen LogP contribution >= 0.6 is 15.9 Å². The van der Waals surface area contributed by atoms with Crippen LogP contribution in [-0.2, 0) is 18.4 Å². The number of hydrazine groups is 1. The lowest BCUT2D eigenvalue weighted by atomic mass is 10.4. The molecular formula is C11H13BrN6O2. The fourth-order valence-corrected chi connectivity index (χ4v) is 2.09. The van der Waals surface area contributed by atoms with E-state index < -0.39 is 0 Å². The lowest BCUT2D eigenvalue weighted by molar-refractivity contribution is -0.122. The lowest BCUT2D eigenvalue weighted by Gasteiger charge is -2.07. The van der Waals surface area contributed by atoms with Crippen molar-refractivity contribution in [3.8, 4) is 0 Å². The summed E-state index contributed by atoms with van der Waals surface area (Å²) in [6.45, 7) is 0.400. The van der Waals surface area contributed by atoms with Gasteiger partial charge < -0.3 is 4.57 Å². The molecule has 2 heterocycles. The van der Waals surface area contributed by atoms with Gasteiger partial charge in [-0.25, -0.2) is 4.98 Å². The van der Waals surface area contributed by atoms with Crippen LogP contribution in [-0.4, -0.2) is 31.1 Å². The molecular weight excluding hydrogens is 328 g/mol. The van der Waals surface area contributed by atoms with Gasteiger partial charge in [0.2, 0.25) is 5.91 Å². The number of aryl methyl sites for hydroxylation is 2. The monoisotopic (exact) mass is 340 g/mol. The molecule has 2 aromatic heterocycles. The third-order valence-electron chi connectivity index (χ3n) is 2.55. The van der Waals surface area contributed by atoms with Crippen molar-refractivity contribution in [2.45, 2.75) is 13.0 Å². The second-order valence-corrected chi connectivity index (χ2v) is 4.98. The summed E-state index contributed by atoms with van der Waals surface area (Å²) in [6.07, 6.45) is 4.86. The first-order valence-electron chi connectivity index (χ1n) is 5.79. The molecule has 0 aromatic carbocycles. The van der Waals surface area contributed by atoms with Gasteiger partial charge in [-0.2, -0.15) is 5.10 Å². The molecule has 0 fully saturated rings. The molecule has 20 heavy (non-hydrogen) atoms. The van der Waals surface area contributed by atoms with Crippen LogP contribution in [0.2, 0.25) is 0 Å². The summed E-state index contributed by atoms with van der Waals surface area (Å²) in [7, 11) is 1.74. The maximum Gasteiger partial charge on any atom is 0.286 e. The van der Waals surface area contributed by atoms with Gasteiger partial charge in [0.1, 0.15) is 18.3 Å². The number of carbonyl (C=O) groups excluding carboxylic acids is 2. The van der Waals surface area contributed by atoms with Gasteiger partial charge in [0.25, 0.3) is 5.91 Å². The van der Waals surface area contributed by atoms with E-state index in [4.69, 9.17) is 0 Å². The van der Waals surface area contributed by atoms with E-state index in [1.807, 2.05) is 0 Å². The Morgan fingerprint density at radius 1 is 1.40 bits per heavy atom. The third kappa shape index (κ3) is 3.67. The Morgan fingerprint density at radius 2 is 2.20 bits per heavy atom. The molecule has 0 radical (unpaired) electrons. The minimum absolute atomic E-state index is 0.195. The predicted molar refractivity (Wildman–Crippen MR) is 73.4 cm³/mol. The van der Waals surface area contributed by atoms with E-state index >= 15 is 0 Å². The molecule has 2 N–H and O–H groups in total. The molecule has 9 heteroatoms. The highest BCUT2D eigenvalue weighted by molar-refractivity contribution is 9.10. The molecule has 0 bridgehead atoms. The minimum atomic E-state index is -0.382. The number of halogens is 1. The summed E-state index contributed by atoms with van der Waals surface area (Å²) >= 11 is 3.27. The van der Waals surface area contributed by atoms with Crippen LogP contribution in [0.25, 0.3) is 0 Å². The summed E-state index contributed by atoms with van der Waals surface area (Å²) in [5.74, 6) is -0.686. The number of carbonyl (C=O) groups is 2. The van der Waals surface area contributed by atoms with Gasteiger partial charge in [-0.3, -0.25) is 25.1 Å². The van der Waals surface area contributed by atoms with E-state index in [0.717, 1.165) is 4.47 Å². The van der Waals surface area contributed by atoms with Crippen LogP contribution in [0.5, 0.6) is 0 Å². The zero-order chi connectivity index (χ0) is 14.5. The number of nitrogens with zero attached hydrogens (tertiary/aromatic N) is 4. The van der Waals surface area contributed by atoms with Gasteiger partial charge >= 0.3 is 0 Å². The third-order valence-corrected chi connectivity index (χ3v) is 2.99. The zero-order valence-electron chi connectivity index (χ0n) is 10.7. The van der Waals surface area contributed by atoms with Crippen molar-refractivity contribution in [3.05, 3.63) is 35.1 Å². The lowest BCUT2D eigenvalue weighted by Crippen LogP contribution is -2.42. The Balaban J connectivity index is 1.78. The SMILES string of the molecule is Cn1cc(Br)cc1C(=O)NNC(=O)CCn1cncn1. The molecule has 0 aliphatic rings. The maximum atomic E-state index is 11.8.